The van der Waals surface area contributed by atoms with Crippen molar-refractivity contribution in [3.05, 3.63) is 53.7 Å². The maximum absolute atomic E-state index is 12.3. The van der Waals surface area contributed by atoms with Gasteiger partial charge in [0.2, 0.25) is 12.7 Å². The predicted molar refractivity (Wildman–Crippen MR) is 106 cm³/mol. The van der Waals surface area contributed by atoms with E-state index in [2.05, 4.69) is 10.3 Å². The number of ether oxygens (including phenoxy) is 2. The zero-order valence-electron chi connectivity index (χ0n) is 14.4. The third-order valence-corrected chi connectivity index (χ3v) is 5.37. The average molecular weight is 402 g/mol. The van der Waals surface area contributed by atoms with E-state index in [0.29, 0.717) is 22.2 Å². The summed E-state index contributed by atoms with van der Waals surface area (Å²) in [6.07, 6.45) is 1.79. The summed E-state index contributed by atoms with van der Waals surface area (Å²) in [4.78, 5) is 16.7. The number of anilines is 1. The molecule has 1 N–H and O–H groups in total. The van der Waals surface area contributed by atoms with Gasteiger partial charge in [-0.2, -0.15) is 0 Å². The molecule has 6 nitrogen and oxygen atoms in total. The first-order chi connectivity index (χ1) is 13.1. The van der Waals surface area contributed by atoms with Gasteiger partial charge in [0.15, 0.2) is 16.7 Å². The molecule has 0 saturated carbocycles. The first-order valence-electron chi connectivity index (χ1n) is 8.20. The fourth-order valence-electron chi connectivity index (χ4n) is 2.72. The lowest BCUT2D eigenvalue weighted by atomic mass is 10.2. The van der Waals surface area contributed by atoms with Crippen LogP contribution in [0.5, 0.6) is 11.5 Å². The number of amides is 1. The van der Waals surface area contributed by atoms with Crippen LogP contribution in [0, 0.1) is 0 Å². The number of fused-ring (bicyclic) bond motifs is 1. The van der Waals surface area contributed by atoms with Gasteiger partial charge in [0.25, 0.3) is 0 Å². The van der Waals surface area contributed by atoms with E-state index >= 15 is 0 Å². The van der Waals surface area contributed by atoms with E-state index in [4.69, 9.17) is 21.1 Å². The molecule has 2 heterocycles. The molecule has 0 spiro atoms. The van der Waals surface area contributed by atoms with Gasteiger partial charge in [-0.25, -0.2) is 4.98 Å². The highest BCUT2D eigenvalue weighted by Gasteiger charge is 2.15. The predicted octanol–water partition coefficient (Wildman–Crippen LogP) is 4.20. The molecule has 27 heavy (non-hydrogen) atoms. The monoisotopic (exact) mass is 401 g/mol. The molecule has 1 aliphatic rings. The molecule has 138 valence electrons. The van der Waals surface area contributed by atoms with E-state index in [9.17, 15) is 4.79 Å². The minimum Gasteiger partial charge on any atom is -0.454 e. The second-order valence-electron chi connectivity index (χ2n) is 5.90. The van der Waals surface area contributed by atoms with E-state index in [1.54, 1.807) is 24.4 Å². The van der Waals surface area contributed by atoms with Crippen molar-refractivity contribution in [2.45, 2.75) is 5.16 Å². The average Bonchev–Trinajstić information content (AvgIpc) is 3.27. The SMILES string of the molecule is Cn1c(-c2ccc(Cl)cc2)cnc1SCC(=O)Nc1ccc2c(c1)OCO2. The van der Waals surface area contributed by atoms with Gasteiger partial charge in [0.1, 0.15) is 0 Å². The van der Waals surface area contributed by atoms with E-state index in [-0.39, 0.29) is 18.5 Å². The van der Waals surface area contributed by atoms with Crippen molar-refractivity contribution in [1.29, 1.82) is 0 Å². The van der Waals surface area contributed by atoms with Crippen LogP contribution in [0.2, 0.25) is 5.02 Å². The van der Waals surface area contributed by atoms with Crippen LogP contribution >= 0.6 is 23.4 Å². The zero-order valence-corrected chi connectivity index (χ0v) is 16.0. The van der Waals surface area contributed by atoms with Crippen LogP contribution in [0.15, 0.2) is 53.8 Å². The number of carbonyl (C=O) groups excluding carboxylic acids is 1. The van der Waals surface area contributed by atoms with Crippen molar-refractivity contribution in [2.75, 3.05) is 17.9 Å². The molecule has 0 bridgehead atoms. The molecule has 0 radical (unpaired) electrons. The molecule has 0 atom stereocenters. The van der Waals surface area contributed by atoms with E-state index in [1.807, 2.05) is 35.9 Å². The van der Waals surface area contributed by atoms with Gasteiger partial charge >= 0.3 is 0 Å². The Bertz CT molecular complexity index is 988. The topological polar surface area (TPSA) is 65.4 Å². The van der Waals surface area contributed by atoms with Crippen molar-refractivity contribution in [2.24, 2.45) is 7.05 Å². The van der Waals surface area contributed by atoms with Crippen molar-refractivity contribution in [3.63, 3.8) is 0 Å². The maximum Gasteiger partial charge on any atom is 0.234 e. The Hall–Kier alpha value is -2.64. The quantitative estimate of drug-likeness (QED) is 0.649. The lowest BCUT2D eigenvalue weighted by Gasteiger charge is -2.07. The van der Waals surface area contributed by atoms with Crippen LogP contribution < -0.4 is 14.8 Å². The van der Waals surface area contributed by atoms with Crippen LogP contribution in [0.1, 0.15) is 0 Å². The number of nitrogens with zero attached hydrogens (tertiary/aromatic N) is 2. The number of hydrogen-bond acceptors (Lipinski definition) is 5. The third-order valence-electron chi connectivity index (χ3n) is 4.07. The van der Waals surface area contributed by atoms with Crippen LogP contribution in [-0.2, 0) is 11.8 Å². The summed E-state index contributed by atoms with van der Waals surface area (Å²) in [5.74, 6) is 1.46. The Morgan fingerprint density at radius 2 is 2.00 bits per heavy atom. The van der Waals surface area contributed by atoms with Crippen LogP contribution in [-0.4, -0.2) is 28.0 Å². The van der Waals surface area contributed by atoms with Crippen LogP contribution in [0.3, 0.4) is 0 Å². The minimum atomic E-state index is -0.116. The van der Waals surface area contributed by atoms with Gasteiger partial charge in [-0.1, -0.05) is 35.5 Å². The number of imidazole rings is 1. The largest absolute Gasteiger partial charge is 0.454 e. The molecule has 4 rings (SSSR count). The van der Waals surface area contributed by atoms with Gasteiger partial charge in [0, 0.05) is 23.8 Å². The van der Waals surface area contributed by atoms with Crippen LogP contribution in [0.4, 0.5) is 5.69 Å². The van der Waals surface area contributed by atoms with E-state index in [1.165, 1.54) is 11.8 Å². The Labute approximate surface area is 165 Å². The maximum atomic E-state index is 12.3. The molecule has 3 aromatic rings. The minimum absolute atomic E-state index is 0.116. The molecule has 0 saturated heterocycles. The Morgan fingerprint density at radius 1 is 1.22 bits per heavy atom. The Morgan fingerprint density at radius 3 is 2.81 bits per heavy atom. The van der Waals surface area contributed by atoms with Gasteiger partial charge in [-0.3, -0.25) is 4.79 Å². The summed E-state index contributed by atoms with van der Waals surface area (Å²) in [5.41, 5.74) is 2.66. The number of carbonyl (C=O) groups is 1. The zero-order chi connectivity index (χ0) is 18.8. The lowest BCUT2D eigenvalue weighted by Crippen LogP contribution is -2.14. The van der Waals surface area contributed by atoms with Crippen LogP contribution in [0.25, 0.3) is 11.3 Å². The second-order valence-corrected chi connectivity index (χ2v) is 7.28. The number of thioether (sulfide) groups is 1. The van der Waals surface area contributed by atoms with Gasteiger partial charge in [-0.15, -0.1) is 0 Å². The first-order valence-corrected chi connectivity index (χ1v) is 9.56. The summed E-state index contributed by atoms with van der Waals surface area (Å²) in [7, 11) is 1.93. The third kappa shape index (κ3) is 3.89. The number of benzene rings is 2. The standard InChI is InChI=1S/C19H16ClN3O3S/c1-23-15(12-2-4-13(20)5-3-12)9-21-19(23)27-10-18(24)22-14-6-7-16-17(8-14)26-11-25-16/h2-9H,10-11H2,1H3,(H,22,24). The molecule has 1 aliphatic heterocycles. The normalized spacial score (nSPS) is 12.2. The fourth-order valence-corrected chi connectivity index (χ4v) is 3.59. The molecular weight excluding hydrogens is 386 g/mol. The lowest BCUT2D eigenvalue weighted by molar-refractivity contribution is -0.113. The molecule has 8 heteroatoms. The van der Waals surface area contributed by atoms with Crippen molar-refractivity contribution in [1.82, 2.24) is 9.55 Å². The van der Waals surface area contributed by atoms with E-state index in [0.717, 1.165) is 16.4 Å². The Kier molecular flexibility index (Phi) is 4.96. The highest BCUT2D eigenvalue weighted by Crippen LogP contribution is 2.34. The fraction of sp³-hybridized carbons (Fsp3) is 0.158. The number of aromatic nitrogens is 2. The molecule has 2 aromatic carbocycles. The number of nitrogens with one attached hydrogen (secondary N) is 1. The van der Waals surface area contributed by atoms with Gasteiger partial charge in [0.05, 0.1) is 17.6 Å². The van der Waals surface area contributed by atoms with Gasteiger partial charge in [-0.05, 0) is 29.8 Å². The van der Waals surface area contributed by atoms with E-state index < -0.39 is 0 Å². The molecule has 0 aliphatic carbocycles. The molecule has 0 fully saturated rings. The van der Waals surface area contributed by atoms with Crippen molar-refractivity contribution < 1.29 is 14.3 Å². The van der Waals surface area contributed by atoms with Crippen molar-refractivity contribution >= 4 is 35.0 Å². The van der Waals surface area contributed by atoms with Crippen molar-refractivity contribution in [3.8, 4) is 22.8 Å². The second kappa shape index (κ2) is 7.54. The molecule has 1 aromatic heterocycles. The number of halogens is 1. The molecule has 0 unspecified atom stereocenters. The molecular formula is C19H16ClN3O3S. The van der Waals surface area contributed by atoms with Gasteiger partial charge < -0.3 is 19.4 Å². The smallest absolute Gasteiger partial charge is 0.234 e. The molecule has 1 amide bonds. The number of rotatable bonds is 5. The highest BCUT2D eigenvalue weighted by molar-refractivity contribution is 7.99. The summed E-state index contributed by atoms with van der Waals surface area (Å²) in [6.45, 7) is 0.206. The summed E-state index contributed by atoms with van der Waals surface area (Å²) < 4.78 is 12.5. The summed E-state index contributed by atoms with van der Waals surface area (Å²) >= 11 is 7.32. The highest BCUT2D eigenvalue weighted by atomic mass is 35.5. The number of hydrogen-bond donors (Lipinski definition) is 1. The Balaban J connectivity index is 1.38. The summed E-state index contributed by atoms with van der Waals surface area (Å²) in [5, 5.41) is 4.31. The first kappa shape index (κ1) is 17.8. The summed E-state index contributed by atoms with van der Waals surface area (Å²) in [6, 6.07) is 12.9.